The smallest absolute Gasteiger partial charge is 0.267 e. The van der Waals surface area contributed by atoms with Crippen LogP contribution in [-0.2, 0) is 0 Å². The molecule has 6 heteroatoms. The zero-order chi connectivity index (χ0) is 15.7. The lowest BCUT2D eigenvalue weighted by Gasteiger charge is -2.04. The summed E-state index contributed by atoms with van der Waals surface area (Å²) >= 11 is 13.6. The van der Waals surface area contributed by atoms with E-state index in [0.29, 0.717) is 26.4 Å². The third-order valence-electron chi connectivity index (χ3n) is 3.12. The van der Waals surface area contributed by atoms with E-state index in [2.05, 4.69) is 5.32 Å². The highest BCUT2D eigenvalue weighted by atomic mass is 35.5. The van der Waals surface area contributed by atoms with Gasteiger partial charge in [0, 0.05) is 20.8 Å². The highest BCUT2D eigenvalue weighted by molar-refractivity contribution is 7.21. The third-order valence-corrected chi connectivity index (χ3v) is 5.03. The fourth-order valence-corrected chi connectivity index (χ4v) is 3.65. The van der Waals surface area contributed by atoms with Gasteiger partial charge in [-0.15, -0.1) is 11.3 Å². The molecule has 1 heterocycles. The van der Waals surface area contributed by atoms with Gasteiger partial charge in [0.15, 0.2) is 0 Å². The van der Waals surface area contributed by atoms with E-state index in [1.165, 1.54) is 11.3 Å². The molecule has 0 atom stereocenters. The van der Waals surface area contributed by atoms with Crippen LogP contribution in [0.3, 0.4) is 0 Å². The molecule has 0 unspecified atom stereocenters. The molecular formula is C16H11Cl2NO2S. The first kappa shape index (κ1) is 15.2. The quantitative estimate of drug-likeness (QED) is 0.679. The molecule has 0 spiro atoms. The monoisotopic (exact) mass is 351 g/mol. The van der Waals surface area contributed by atoms with E-state index in [1.54, 1.807) is 31.4 Å². The van der Waals surface area contributed by atoms with E-state index in [1.807, 2.05) is 18.2 Å². The van der Waals surface area contributed by atoms with E-state index in [0.717, 1.165) is 10.1 Å². The maximum atomic E-state index is 12.4. The fraction of sp³-hybridized carbons (Fsp3) is 0.0625. The molecule has 0 saturated heterocycles. The Morgan fingerprint density at radius 2 is 2.00 bits per heavy atom. The Balaban J connectivity index is 1.95. The van der Waals surface area contributed by atoms with Crippen LogP contribution in [0.15, 0.2) is 42.5 Å². The van der Waals surface area contributed by atoms with Crippen molar-refractivity contribution < 1.29 is 9.53 Å². The maximum absolute atomic E-state index is 12.4. The summed E-state index contributed by atoms with van der Waals surface area (Å²) in [5.74, 6) is 0.446. The molecule has 1 N–H and O–H groups in total. The van der Waals surface area contributed by atoms with Gasteiger partial charge in [0.1, 0.15) is 10.6 Å². The molecule has 3 rings (SSSR count). The van der Waals surface area contributed by atoms with Crippen LogP contribution >= 0.6 is 34.5 Å². The van der Waals surface area contributed by atoms with Gasteiger partial charge in [-0.05, 0) is 36.4 Å². The predicted octanol–water partition coefficient (Wildman–Crippen LogP) is 5.47. The lowest BCUT2D eigenvalue weighted by Crippen LogP contribution is -2.10. The predicted molar refractivity (Wildman–Crippen MR) is 92.8 cm³/mol. The van der Waals surface area contributed by atoms with Gasteiger partial charge in [-0.3, -0.25) is 4.79 Å². The molecule has 112 valence electrons. The number of carbonyl (C=O) groups excluding carboxylic acids is 1. The largest absolute Gasteiger partial charge is 0.497 e. The number of amides is 1. The lowest BCUT2D eigenvalue weighted by molar-refractivity contribution is 0.103. The average Bonchev–Trinajstić information content (AvgIpc) is 2.84. The van der Waals surface area contributed by atoms with E-state index in [9.17, 15) is 4.79 Å². The van der Waals surface area contributed by atoms with Gasteiger partial charge in [-0.1, -0.05) is 29.3 Å². The molecule has 22 heavy (non-hydrogen) atoms. The van der Waals surface area contributed by atoms with Crippen LogP contribution in [-0.4, -0.2) is 13.0 Å². The Hall–Kier alpha value is -1.75. The molecule has 2 aromatic carbocycles. The van der Waals surface area contributed by atoms with Crippen molar-refractivity contribution in [2.75, 3.05) is 12.4 Å². The first-order chi connectivity index (χ1) is 10.6. The number of nitrogens with one attached hydrogen (secondary N) is 1. The molecule has 0 aliphatic rings. The summed E-state index contributed by atoms with van der Waals surface area (Å²) in [4.78, 5) is 12.9. The second kappa shape index (κ2) is 6.16. The number of anilines is 1. The summed E-state index contributed by atoms with van der Waals surface area (Å²) in [5, 5.41) is 4.60. The van der Waals surface area contributed by atoms with E-state index in [-0.39, 0.29) is 5.91 Å². The van der Waals surface area contributed by atoms with Crippen molar-refractivity contribution in [3.63, 3.8) is 0 Å². The van der Waals surface area contributed by atoms with Gasteiger partial charge in [-0.2, -0.15) is 0 Å². The van der Waals surface area contributed by atoms with Crippen LogP contribution in [0, 0.1) is 0 Å². The van der Waals surface area contributed by atoms with Crippen molar-refractivity contribution in [3.8, 4) is 5.75 Å². The average molecular weight is 352 g/mol. The summed E-state index contributed by atoms with van der Waals surface area (Å²) < 4.78 is 6.12. The normalized spacial score (nSPS) is 10.7. The van der Waals surface area contributed by atoms with E-state index >= 15 is 0 Å². The van der Waals surface area contributed by atoms with Crippen LogP contribution in [0.5, 0.6) is 5.75 Å². The molecule has 1 aromatic heterocycles. The standard InChI is InChI=1S/C16H11Cl2NO2S/c1-21-11-5-6-13-12(8-11)14(18)15(22-13)16(20)19-10-4-2-3-9(17)7-10/h2-8H,1H3,(H,19,20). The topological polar surface area (TPSA) is 38.3 Å². The molecule has 3 aromatic rings. The molecule has 0 aliphatic heterocycles. The van der Waals surface area contributed by atoms with E-state index < -0.39 is 0 Å². The van der Waals surface area contributed by atoms with Crippen LogP contribution in [0.1, 0.15) is 9.67 Å². The van der Waals surface area contributed by atoms with Crippen molar-refractivity contribution in [1.29, 1.82) is 0 Å². The number of fused-ring (bicyclic) bond motifs is 1. The van der Waals surface area contributed by atoms with Crippen LogP contribution < -0.4 is 10.1 Å². The number of hydrogen-bond donors (Lipinski definition) is 1. The van der Waals surface area contributed by atoms with Gasteiger partial charge in [0.2, 0.25) is 0 Å². The number of rotatable bonds is 3. The molecular weight excluding hydrogens is 341 g/mol. The molecule has 1 amide bonds. The maximum Gasteiger partial charge on any atom is 0.267 e. The van der Waals surface area contributed by atoms with Gasteiger partial charge < -0.3 is 10.1 Å². The Morgan fingerprint density at radius 3 is 2.73 bits per heavy atom. The van der Waals surface area contributed by atoms with Crippen molar-refractivity contribution in [2.45, 2.75) is 0 Å². The zero-order valence-electron chi connectivity index (χ0n) is 11.5. The van der Waals surface area contributed by atoms with Crippen LogP contribution in [0.4, 0.5) is 5.69 Å². The molecule has 0 bridgehead atoms. The fourth-order valence-electron chi connectivity index (χ4n) is 2.07. The van der Waals surface area contributed by atoms with Crippen molar-refractivity contribution >= 4 is 56.2 Å². The Labute approximate surface area is 141 Å². The summed E-state index contributed by atoms with van der Waals surface area (Å²) in [6.07, 6.45) is 0. The number of carbonyl (C=O) groups is 1. The van der Waals surface area contributed by atoms with Crippen molar-refractivity contribution in [1.82, 2.24) is 0 Å². The lowest BCUT2D eigenvalue weighted by atomic mass is 10.2. The van der Waals surface area contributed by atoms with Gasteiger partial charge >= 0.3 is 0 Å². The second-order valence-electron chi connectivity index (χ2n) is 4.57. The summed E-state index contributed by atoms with van der Waals surface area (Å²) in [7, 11) is 1.59. The van der Waals surface area contributed by atoms with Crippen LogP contribution in [0.25, 0.3) is 10.1 Å². The van der Waals surface area contributed by atoms with Gasteiger partial charge in [0.05, 0.1) is 12.1 Å². The summed E-state index contributed by atoms with van der Waals surface area (Å²) in [5.41, 5.74) is 0.628. The number of methoxy groups -OCH3 is 1. The minimum absolute atomic E-state index is 0.257. The van der Waals surface area contributed by atoms with Crippen LogP contribution in [0.2, 0.25) is 10.0 Å². The molecule has 0 saturated carbocycles. The van der Waals surface area contributed by atoms with Crippen molar-refractivity contribution in [2.24, 2.45) is 0 Å². The highest BCUT2D eigenvalue weighted by Gasteiger charge is 2.17. The second-order valence-corrected chi connectivity index (χ2v) is 6.44. The molecule has 3 nitrogen and oxygen atoms in total. The van der Waals surface area contributed by atoms with E-state index in [4.69, 9.17) is 27.9 Å². The zero-order valence-corrected chi connectivity index (χ0v) is 13.9. The highest BCUT2D eigenvalue weighted by Crippen LogP contribution is 2.37. The minimum Gasteiger partial charge on any atom is -0.497 e. The Bertz CT molecular complexity index is 860. The molecule has 0 aliphatic carbocycles. The first-order valence-electron chi connectivity index (χ1n) is 6.41. The number of thiophene rings is 1. The third kappa shape index (κ3) is 2.90. The Kier molecular flexibility index (Phi) is 4.25. The minimum atomic E-state index is -0.257. The first-order valence-corrected chi connectivity index (χ1v) is 7.98. The number of halogens is 2. The van der Waals surface area contributed by atoms with Crippen molar-refractivity contribution in [3.05, 3.63) is 57.4 Å². The SMILES string of the molecule is COc1ccc2sc(C(=O)Nc3cccc(Cl)c3)c(Cl)c2c1. The number of hydrogen-bond acceptors (Lipinski definition) is 3. The van der Waals surface area contributed by atoms with Gasteiger partial charge in [-0.25, -0.2) is 0 Å². The molecule has 0 radical (unpaired) electrons. The molecule has 0 fully saturated rings. The Morgan fingerprint density at radius 1 is 1.18 bits per heavy atom. The number of benzene rings is 2. The summed E-state index contributed by atoms with van der Waals surface area (Å²) in [6, 6.07) is 12.5. The summed E-state index contributed by atoms with van der Waals surface area (Å²) in [6.45, 7) is 0. The van der Waals surface area contributed by atoms with Gasteiger partial charge in [0.25, 0.3) is 5.91 Å². The number of ether oxygens (including phenoxy) is 1.